The van der Waals surface area contributed by atoms with Gasteiger partial charge in [-0.25, -0.2) is 0 Å². The molecule has 0 spiro atoms. The van der Waals surface area contributed by atoms with Gasteiger partial charge < -0.3 is 9.47 Å². The summed E-state index contributed by atoms with van der Waals surface area (Å²) in [6.45, 7) is 1.67. The average Bonchev–Trinajstić information content (AvgIpc) is 2.95. The van der Waals surface area contributed by atoms with Gasteiger partial charge in [-0.15, -0.1) is 0 Å². The lowest BCUT2D eigenvalue weighted by molar-refractivity contribution is -0.147. The van der Waals surface area contributed by atoms with Crippen molar-refractivity contribution < 1.29 is 14.3 Å². The Hall–Kier alpha value is -1.35. The van der Waals surface area contributed by atoms with E-state index in [-0.39, 0.29) is 11.4 Å². The van der Waals surface area contributed by atoms with E-state index in [1.54, 1.807) is 0 Å². The molecular weight excluding hydrogens is 204 g/mol. The van der Waals surface area contributed by atoms with Crippen molar-refractivity contribution in [2.45, 2.75) is 13.0 Å². The SMILES string of the molecule is O=C1OCC2C[C@]12COCc1ccccc1. The van der Waals surface area contributed by atoms with Gasteiger partial charge in [0.15, 0.2) is 0 Å². The van der Waals surface area contributed by atoms with E-state index in [2.05, 4.69) is 0 Å². The van der Waals surface area contributed by atoms with Crippen LogP contribution in [-0.4, -0.2) is 19.2 Å². The van der Waals surface area contributed by atoms with E-state index in [9.17, 15) is 4.79 Å². The van der Waals surface area contributed by atoms with E-state index in [1.165, 1.54) is 0 Å². The van der Waals surface area contributed by atoms with Gasteiger partial charge in [0.2, 0.25) is 0 Å². The average molecular weight is 218 g/mol. The fourth-order valence-electron chi connectivity index (χ4n) is 2.33. The molecule has 1 saturated heterocycles. The summed E-state index contributed by atoms with van der Waals surface area (Å²) in [7, 11) is 0. The van der Waals surface area contributed by atoms with Gasteiger partial charge in [-0.1, -0.05) is 30.3 Å². The fourth-order valence-corrected chi connectivity index (χ4v) is 2.33. The van der Waals surface area contributed by atoms with Crippen LogP contribution in [0.15, 0.2) is 30.3 Å². The molecule has 1 unspecified atom stereocenters. The van der Waals surface area contributed by atoms with E-state index in [0.29, 0.717) is 25.7 Å². The highest BCUT2D eigenvalue weighted by Gasteiger charge is 2.66. The van der Waals surface area contributed by atoms with Gasteiger partial charge in [0.1, 0.15) is 0 Å². The molecule has 3 nitrogen and oxygen atoms in total. The molecule has 0 aromatic heterocycles. The van der Waals surface area contributed by atoms with E-state index < -0.39 is 0 Å². The molecule has 84 valence electrons. The van der Waals surface area contributed by atoms with Crippen LogP contribution in [0.5, 0.6) is 0 Å². The Labute approximate surface area is 94.4 Å². The maximum Gasteiger partial charge on any atom is 0.314 e. The van der Waals surface area contributed by atoms with Crippen molar-refractivity contribution in [2.24, 2.45) is 11.3 Å². The zero-order valence-electron chi connectivity index (χ0n) is 9.02. The third-order valence-electron chi connectivity index (χ3n) is 3.53. The zero-order chi connectivity index (χ0) is 11.0. The van der Waals surface area contributed by atoms with Gasteiger partial charge in [-0.3, -0.25) is 4.79 Å². The predicted octanol–water partition coefficient (Wildman–Crippen LogP) is 1.77. The highest BCUT2D eigenvalue weighted by molar-refractivity contribution is 5.83. The van der Waals surface area contributed by atoms with Crippen LogP contribution in [0.25, 0.3) is 0 Å². The van der Waals surface area contributed by atoms with Crippen molar-refractivity contribution in [1.29, 1.82) is 0 Å². The van der Waals surface area contributed by atoms with E-state index in [1.807, 2.05) is 30.3 Å². The molecule has 0 radical (unpaired) electrons. The van der Waals surface area contributed by atoms with Gasteiger partial charge in [-0.05, 0) is 12.0 Å². The quantitative estimate of drug-likeness (QED) is 0.722. The number of carbonyl (C=O) groups is 1. The van der Waals surface area contributed by atoms with Gasteiger partial charge >= 0.3 is 5.97 Å². The number of hydrogen-bond acceptors (Lipinski definition) is 3. The molecule has 2 aliphatic rings. The first-order valence-corrected chi connectivity index (χ1v) is 5.60. The first-order chi connectivity index (χ1) is 7.81. The largest absolute Gasteiger partial charge is 0.465 e. The molecule has 2 fully saturated rings. The second kappa shape index (κ2) is 3.59. The molecule has 3 heteroatoms. The van der Waals surface area contributed by atoms with Crippen LogP contribution in [0.1, 0.15) is 12.0 Å². The minimum absolute atomic E-state index is 0.0643. The van der Waals surface area contributed by atoms with Crippen LogP contribution in [0.2, 0.25) is 0 Å². The lowest BCUT2D eigenvalue weighted by Gasteiger charge is -2.09. The Morgan fingerprint density at radius 3 is 2.81 bits per heavy atom. The third kappa shape index (κ3) is 1.52. The summed E-state index contributed by atoms with van der Waals surface area (Å²) in [5, 5.41) is 0. The Kier molecular flexibility index (Phi) is 2.21. The van der Waals surface area contributed by atoms with Crippen molar-refractivity contribution in [3.8, 4) is 0 Å². The van der Waals surface area contributed by atoms with Gasteiger partial charge in [0, 0.05) is 5.92 Å². The number of ether oxygens (including phenoxy) is 2. The predicted molar refractivity (Wildman–Crippen MR) is 57.6 cm³/mol. The number of carbonyl (C=O) groups excluding carboxylic acids is 1. The number of esters is 1. The highest BCUT2D eigenvalue weighted by atomic mass is 16.5. The summed E-state index contributed by atoms with van der Waals surface area (Å²) in [6.07, 6.45) is 0.945. The van der Waals surface area contributed by atoms with Crippen LogP contribution in [0, 0.1) is 11.3 Å². The highest BCUT2D eigenvalue weighted by Crippen LogP contribution is 2.57. The first kappa shape index (κ1) is 9.85. The lowest BCUT2D eigenvalue weighted by atomic mass is 10.1. The first-order valence-electron chi connectivity index (χ1n) is 5.60. The third-order valence-corrected chi connectivity index (χ3v) is 3.53. The maximum atomic E-state index is 11.5. The Balaban J connectivity index is 1.53. The summed E-state index contributed by atoms with van der Waals surface area (Å²) in [6, 6.07) is 10.00. The molecule has 1 aliphatic carbocycles. The van der Waals surface area contributed by atoms with Gasteiger partial charge in [0.05, 0.1) is 25.2 Å². The molecule has 1 heterocycles. The molecule has 3 rings (SSSR count). The van der Waals surface area contributed by atoms with Crippen molar-refractivity contribution in [3.05, 3.63) is 35.9 Å². The Morgan fingerprint density at radius 1 is 1.38 bits per heavy atom. The van der Waals surface area contributed by atoms with Gasteiger partial charge in [-0.2, -0.15) is 0 Å². The number of benzene rings is 1. The summed E-state index contributed by atoms with van der Waals surface area (Å²) < 4.78 is 10.6. The Bertz CT molecular complexity index is 401. The van der Waals surface area contributed by atoms with Crippen LogP contribution in [0.3, 0.4) is 0 Å². The standard InChI is InChI=1S/C13H14O3/c14-12-13(6-11(13)8-16-12)9-15-7-10-4-2-1-3-5-10/h1-5,11H,6-9H2/t11?,13-/m1/s1. The summed E-state index contributed by atoms with van der Waals surface area (Å²) in [4.78, 5) is 11.5. The fraction of sp³-hybridized carbons (Fsp3) is 0.462. The monoisotopic (exact) mass is 218 g/mol. The zero-order valence-corrected chi connectivity index (χ0v) is 9.02. The lowest BCUT2D eigenvalue weighted by Crippen LogP contribution is -2.20. The molecule has 0 N–H and O–H groups in total. The molecule has 0 amide bonds. The maximum absolute atomic E-state index is 11.5. The molecule has 1 saturated carbocycles. The molecule has 16 heavy (non-hydrogen) atoms. The molecule has 1 aromatic rings. The van der Waals surface area contributed by atoms with Crippen molar-refractivity contribution >= 4 is 5.97 Å². The van der Waals surface area contributed by atoms with E-state index in [0.717, 1.165) is 12.0 Å². The summed E-state index contributed by atoms with van der Waals surface area (Å²) in [5.41, 5.74) is 0.858. The molecule has 1 aliphatic heterocycles. The van der Waals surface area contributed by atoms with Crippen molar-refractivity contribution in [2.75, 3.05) is 13.2 Å². The second-order valence-electron chi connectivity index (χ2n) is 4.63. The molecule has 2 atom stereocenters. The minimum atomic E-state index is -0.283. The number of fused-ring (bicyclic) bond motifs is 1. The van der Waals surface area contributed by atoms with E-state index >= 15 is 0 Å². The van der Waals surface area contributed by atoms with Crippen molar-refractivity contribution in [3.63, 3.8) is 0 Å². The van der Waals surface area contributed by atoms with Crippen molar-refractivity contribution in [1.82, 2.24) is 0 Å². The molecular formula is C13H14O3. The number of cyclic esters (lactones) is 1. The smallest absolute Gasteiger partial charge is 0.314 e. The normalized spacial score (nSPS) is 31.0. The van der Waals surface area contributed by atoms with Crippen LogP contribution >= 0.6 is 0 Å². The molecule has 0 bridgehead atoms. The van der Waals surface area contributed by atoms with E-state index in [4.69, 9.17) is 9.47 Å². The second-order valence-corrected chi connectivity index (χ2v) is 4.63. The van der Waals surface area contributed by atoms with Crippen LogP contribution < -0.4 is 0 Å². The topological polar surface area (TPSA) is 35.5 Å². The molecule has 1 aromatic carbocycles. The summed E-state index contributed by atoms with van der Waals surface area (Å²) >= 11 is 0. The number of rotatable bonds is 4. The Morgan fingerprint density at radius 2 is 2.19 bits per heavy atom. The number of hydrogen-bond donors (Lipinski definition) is 0. The van der Waals surface area contributed by atoms with Gasteiger partial charge in [0.25, 0.3) is 0 Å². The summed E-state index contributed by atoms with van der Waals surface area (Å²) in [5.74, 6) is 0.348. The van der Waals surface area contributed by atoms with Crippen LogP contribution in [-0.2, 0) is 20.9 Å². The minimum Gasteiger partial charge on any atom is -0.465 e. The van der Waals surface area contributed by atoms with Crippen LogP contribution in [0.4, 0.5) is 0 Å².